The van der Waals surface area contributed by atoms with Crippen molar-refractivity contribution in [2.24, 2.45) is 0 Å². The van der Waals surface area contributed by atoms with Gasteiger partial charge in [-0.1, -0.05) is 36.4 Å². The van der Waals surface area contributed by atoms with Gasteiger partial charge < -0.3 is 14.8 Å². The minimum Gasteiger partial charge on any atom is -0.507 e. The first-order valence-corrected chi connectivity index (χ1v) is 10.7. The summed E-state index contributed by atoms with van der Waals surface area (Å²) in [5, 5.41) is 18.3. The lowest BCUT2D eigenvalue weighted by Crippen LogP contribution is -2.34. The smallest absolute Gasteiger partial charge is 0.257 e. The first kappa shape index (κ1) is 20.7. The summed E-state index contributed by atoms with van der Waals surface area (Å²) in [6, 6.07) is 23.9. The molecule has 0 aliphatic rings. The number of aryl methyl sites for hydroxylation is 1. The fourth-order valence-corrected chi connectivity index (χ4v) is 3.82. The lowest BCUT2D eigenvalue weighted by molar-refractivity contribution is 0.0978. The van der Waals surface area contributed by atoms with Crippen LogP contribution in [-0.2, 0) is 0 Å². The van der Waals surface area contributed by atoms with Crippen molar-refractivity contribution in [2.45, 2.75) is 6.92 Å². The lowest BCUT2D eigenvalue weighted by Gasteiger charge is -2.11. The van der Waals surface area contributed by atoms with E-state index in [1.54, 1.807) is 18.2 Å². The Bertz CT molecular complexity index is 1540. The molecular weight excluding hydrogens is 434 g/mol. The number of amides is 1. The molecule has 4 aromatic carbocycles. The molecule has 0 aliphatic carbocycles. The molecule has 5 rings (SSSR count). The number of carbonyl (C=O) groups excluding carboxylic acids is 1. The van der Waals surface area contributed by atoms with Gasteiger partial charge in [-0.3, -0.25) is 10.1 Å². The topological polar surface area (TPSA) is 87.4 Å². The van der Waals surface area contributed by atoms with Crippen molar-refractivity contribution >= 4 is 50.8 Å². The Morgan fingerprint density at radius 1 is 0.970 bits per heavy atom. The Morgan fingerprint density at radius 2 is 1.79 bits per heavy atom. The van der Waals surface area contributed by atoms with Crippen LogP contribution in [0.2, 0.25) is 0 Å². The minimum atomic E-state index is -0.319. The predicted octanol–water partition coefficient (Wildman–Crippen LogP) is 5.79. The number of phenolic OH excluding ortho intramolecular Hbond substituents is 1. The molecule has 0 atom stereocenters. The molecular formula is C26H19N3O3S. The predicted molar refractivity (Wildman–Crippen MR) is 133 cm³/mol. The number of oxazole rings is 1. The van der Waals surface area contributed by atoms with Crippen LogP contribution in [0, 0.1) is 6.92 Å². The zero-order chi connectivity index (χ0) is 22.9. The number of nitrogens with zero attached hydrogens (tertiary/aromatic N) is 1. The van der Waals surface area contributed by atoms with E-state index in [2.05, 4.69) is 15.6 Å². The molecule has 0 bridgehead atoms. The fourth-order valence-electron chi connectivity index (χ4n) is 3.61. The summed E-state index contributed by atoms with van der Waals surface area (Å²) in [5.41, 5.74) is 3.92. The maximum Gasteiger partial charge on any atom is 0.257 e. The summed E-state index contributed by atoms with van der Waals surface area (Å²) in [5.74, 6) is -0.0142. The highest BCUT2D eigenvalue weighted by atomic mass is 32.1. The largest absolute Gasteiger partial charge is 0.507 e. The molecule has 0 aliphatic heterocycles. The Kier molecular flexibility index (Phi) is 5.24. The van der Waals surface area contributed by atoms with Crippen LogP contribution in [0.15, 0.2) is 83.3 Å². The van der Waals surface area contributed by atoms with Gasteiger partial charge in [-0.05, 0) is 71.9 Å². The normalized spacial score (nSPS) is 10.9. The van der Waals surface area contributed by atoms with E-state index >= 15 is 0 Å². The van der Waals surface area contributed by atoms with Crippen LogP contribution < -0.4 is 10.6 Å². The van der Waals surface area contributed by atoms with Gasteiger partial charge in [0.25, 0.3) is 5.91 Å². The summed E-state index contributed by atoms with van der Waals surface area (Å²) in [4.78, 5) is 17.0. The summed E-state index contributed by atoms with van der Waals surface area (Å²) in [6.07, 6.45) is 0. The van der Waals surface area contributed by atoms with E-state index in [1.807, 2.05) is 61.5 Å². The molecule has 0 fully saturated rings. The van der Waals surface area contributed by atoms with E-state index < -0.39 is 0 Å². The Hall–Kier alpha value is -4.23. The van der Waals surface area contributed by atoms with Gasteiger partial charge >= 0.3 is 0 Å². The molecule has 1 aromatic heterocycles. The maximum atomic E-state index is 12.6. The van der Waals surface area contributed by atoms with Gasteiger partial charge in [0, 0.05) is 17.3 Å². The van der Waals surface area contributed by atoms with E-state index in [4.69, 9.17) is 16.6 Å². The molecule has 7 heteroatoms. The van der Waals surface area contributed by atoms with Crippen LogP contribution in [0.25, 0.3) is 33.3 Å². The van der Waals surface area contributed by atoms with Gasteiger partial charge in [0.1, 0.15) is 11.3 Å². The second kappa shape index (κ2) is 8.37. The summed E-state index contributed by atoms with van der Waals surface area (Å²) in [7, 11) is 0. The highest BCUT2D eigenvalue weighted by Crippen LogP contribution is 2.33. The molecule has 0 saturated heterocycles. The van der Waals surface area contributed by atoms with Crippen molar-refractivity contribution in [3.63, 3.8) is 0 Å². The second-order valence-electron chi connectivity index (χ2n) is 7.69. The molecule has 1 amide bonds. The Labute approximate surface area is 194 Å². The first-order valence-electron chi connectivity index (χ1n) is 10.3. The number of phenols is 1. The number of aromatic nitrogens is 1. The number of anilines is 1. The van der Waals surface area contributed by atoms with Crippen LogP contribution in [-0.4, -0.2) is 21.1 Å². The highest BCUT2D eigenvalue weighted by Gasteiger charge is 2.14. The van der Waals surface area contributed by atoms with E-state index in [0.29, 0.717) is 28.3 Å². The number of fused-ring (bicyclic) bond motifs is 2. The van der Waals surface area contributed by atoms with Gasteiger partial charge in [0.2, 0.25) is 5.89 Å². The number of hydrogen-bond acceptors (Lipinski definition) is 5. The zero-order valence-corrected chi connectivity index (χ0v) is 18.4. The van der Waals surface area contributed by atoms with Crippen LogP contribution in [0.1, 0.15) is 15.9 Å². The molecule has 6 nitrogen and oxygen atoms in total. The van der Waals surface area contributed by atoms with Crippen molar-refractivity contribution in [3.05, 3.63) is 90.0 Å². The quantitative estimate of drug-likeness (QED) is 0.300. The summed E-state index contributed by atoms with van der Waals surface area (Å²) in [6.45, 7) is 1.97. The van der Waals surface area contributed by atoms with Crippen LogP contribution in [0.3, 0.4) is 0 Å². The van der Waals surface area contributed by atoms with E-state index in [0.717, 1.165) is 21.9 Å². The van der Waals surface area contributed by atoms with E-state index in [-0.39, 0.29) is 16.8 Å². The second-order valence-corrected chi connectivity index (χ2v) is 8.10. The molecule has 0 unspecified atom stereocenters. The molecule has 0 radical (unpaired) electrons. The van der Waals surface area contributed by atoms with Crippen LogP contribution in [0.5, 0.6) is 5.75 Å². The molecule has 0 saturated carbocycles. The molecule has 0 spiro atoms. The maximum absolute atomic E-state index is 12.6. The van der Waals surface area contributed by atoms with Crippen LogP contribution >= 0.6 is 12.2 Å². The number of aromatic hydroxyl groups is 1. The van der Waals surface area contributed by atoms with Gasteiger partial charge in [0.15, 0.2) is 10.7 Å². The van der Waals surface area contributed by atoms with Gasteiger partial charge in [-0.25, -0.2) is 4.98 Å². The van der Waals surface area contributed by atoms with E-state index in [9.17, 15) is 9.90 Å². The summed E-state index contributed by atoms with van der Waals surface area (Å²) < 4.78 is 5.79. The number of benzene rings is 4. The standard InChI is InChI=1S/C26H19N3O3S/c1-15-6-11-21-23(12-15)32-25(28-21)20-10-9-19(14-22(20)30)27-26(33)29-24(31)18-8-7-16-4-2-3-5-17(16)13-18/h2-14,30H,1H3,(H2,27,29,31,33). The average Bonchev–Trinajstić information content (AvgIpc) is 3.21. The number of hydrogen-bond donors (Lipinski definition) is 3. The van der Waals surface area contributed by atoms with Crippen molar-refractivity contribution in [2.75, 3.05) is 5.32 Å². The third kappa shape index (κ3) is 4.26. The molecule has 1 heterocycles. The average molecular weight is 454 g/mol. The Morgan fingerprint density at radius 3 is 2.61 bits per heavy atom. The molecule has 3 N–H and O–H groups in total. The number of rotatable bonds is 3. The van der Waals surface area contributed by atoms with Gasteiger partial charge in [-0.2, -0.15) is 0 Å². The fraction of sp³-hybridized carbons (Fsp3) is 0.0385. The van der Waals surface area contributed by atoms with Gasteiger partial charge in [0.05, 0.1) is 5.56 Å². The van der Waals surface area contributed by atoms with Crippen molar-refractivity contribution in [3.8, 4) is 17.2 Å². The zero-order valence-electron chi connectivity index (χ0n) is 17.6. The van der Waals surface area contributed by atoms with Crippen LogP contribution in [0.4, 0.5) is 5.69 Å². The summed E-state index contributed by atoms with van der Waals surface area (Å²) >= 11 is 5.28. The van der Waals surface area contributed by atoms with E-state index in [1.165, 1.54) is 6.07 Å². The number of thiocarbonyl (C=S) groups is 1. The van der Waals surface area contributed by atoms with Crippen molar-refractivity contribution in [1.82, 2.24) is 10.3 Å². The third-order valence-corrected chi connectivity index (χ3v) is 5.47. The van der Waals surface area contributed by atoms with Crippen molar-refractivity contribution < 1.29 is 14.3 Å². The minimum absolute atomic E-state index is 0.0214. The first-order chi connectivity index (χ1) is 16.0. The number of carbonyl (C=O) groups is 1. The lowest BCUT2D eigenvalue weighted by atomic mass is 10.1. The number of nitrogens with one attached hydrogen (secondary N) is 2. The van der Waals surface area contributed by atoms with Crippen molar-refractivity contribution in [1.29, 1.82) is 0 Å². The monoisotopic (exact) mass is 453 g/mol. The SMILES string of the molecule is Cc1ccc2nc(-c3ccc(NC(=S)NC(=O)c4ccc5ccccc5c4)cc3O)oc2c1. The molecule has 162 valence electrons. The highest BCUT2D eigenvalue weighted by molar-refractivity contribution is 7.80. The third-order valence-electron chi connectivity index (χ3n) is 5.27. The molecule has 33 heavy (non-hydrogen) atoms. The Balaban J connectivity index is 1.30. The van der Waals surface area contributed by atoms with Gasteiger partial charge in [-0.15, -0.1) is 0 Å². The molecule has 5 aromatic rings.